The van der Waals surface area contributed by atoms with Gasteiger partial charge in [0.15, 0.2) is 14.4 Å². The topological polar surface area (TPSA) is 93.2 Å². The predicted molar refractivity (Wildman–Crippen MR) is 146 cm³/mol. The maximum atomic E-state index is 13.7. The van der Waals surface area contributed by atoms with Crippen LogP contribution in [0.1, 0.15) is 47.1 Å². The minimum atomic E-state index is -2.27. The van der Waals surface area contributed by atoms with E-state index in [2.05, 4.69) is 33.9 Å². The van der Waals surface area contributed by atoms with Crippen LogP contribution in [-0.2, 0) is 18.8 Å². The highest BCUT2D eigenvalue weighted by Crippen LogP contribution is 2.38. The van der Waals surface area contributed by atoms with Crippen molar-refractivity contribution in [2.75, 3.05) is 13.7 Å². The van der Waals surface area contributed by atoms with Crippen molar-refractivity contribution >= 4 is 38.1 Å². The Morgan fingerprint density at radius 1 is 0.974 bits per heavy atom. The van der Waals surface area contributed by atoms with Crippen LogP contribution in [0.3, 0.4) is 0 Å². The van der Waals surface area contributed by atoms with E-state index in [0.29, 0.717) is 0 Å². The number of amides is 3. The van der Waals surface area contributed by atoms with Crippen molar-refractivity contribution in [2.45, 2.75) is 57.0 Å². The van der Waals surface area contributed by atoms with E-state index in [9.17, 15) is 19.2 Å². The summed E-state index contributed by atoms with van der Waals surface area (Å²) in [6.07, 6.45) is 3.57. The first kappa shape index (κ1) is 27.5. The normalized spacial score (nSPS) is 20.5. The molecule has 0 saturated carbocycles. The van der Waals surface area contributed by atoms with Crippen LogP contribution in [0.2, 0.25) is 18.1 Å². The van der Waals surface area contributed by atoms with Crippen molar-refractivity contribution in [3.8, 4) is 0 Å². The summed E-state index contributed by atoms with van der Waals surface area (Å²) >= 11 is 0. The minimum absolute atomic E-state index is 0.0422. The number of hydrogen-bond donors (Lipinski definition) is 0. The summed E-state index contributed by atoms with van der Waals surface area (Å²) in [5.74, 6) is -2.16. The Balaban J connectivity index is 1.69. The van der Waals surface area contributed by atoms with E-state index in [4.69, 9.17) is 9.16 Å². The molecule has 8 nitrogen and oxygen atoms in total. The number of hydrogen-bond acceptors (Lipinski definition) is 6. The molecule has 38 heavy (non-hydrogen) atoms. The van der Waals surface area contributed by atoms with E-state index in [1.54, 1.807) is 30.3 Å². The van der Waals surface area contributed by atoms with Crippen molar-refractivity contribution in [2.24, 2.45) is 0 Å². The molecule has 2 aliphatic rings. The van der Waals surface area contributed by atoms with Crippen LogP contribution in [0.15, 0.2) is 60.7 Å². The van der Waals surface area contributed by atoms with Gasteiger partial charge < -0.3 is 14.1 Å². The fraction of sp³-hybridized carbons (Fsp3) is 0.379. The van der Waals surface area contributed by atoms with Crippen LogP contribution in [-0.4, -0.2) is 73.7 Å². The standard InChI is InChI=1S/C29H34N2O6Si/c1-29(2,3)38(5,6)37-18-23(28(35)36-4)30-22(17-16-19-12-8-7-9-13-19)24(27(30)34)31-25(32)20-14-10-11-15-21(20)26(31)33/h7-17,22-24H,18H2,1-6H3/t22-,23-,24+/m1/s1. The Bertz CT molecular complexity index is 1250. The van der Waals surface area contributed by atoms with Gasteiger partial charge in [-0.1, -0.05) is 75.4 Å². The first-order chi connectivity index (χ1) is 17.9. The Labute approximate surface area is 224 Å². The first-order valence-corrected chi connectivity index (χ1v) is 15.5. The van der Waals surface area contributed by atoms with Gasteiger partial charge in [-0.15, -0.1) is 0 Å². The number of carbonyl (C=O) groups excluding carboxylic acids is 4. The number of benzene rings is 2. The number of β-lactam (4-membered cyclic amide) rings is 1. The van der Waals surface area contributed by atoms with Crippen LogP contribution in [0.5, 0.6) is 0 Å². The molecule has 0 aliphatic carbocycles. The predicted octanol–water partition coefficient (Wildman–Crippen LogP) is 4.14. The largest absolute Gasteiger partial charge is 0.467 e. The lowest BCUT2D eigenvalue weighted by atomic mass is 9.89. The third-order valence-corrected chi connectivity index (χ3v) is 12.3. The number of nitrogens with zero attached hydrogens (tertiary/aromatic N) is 2. The molecule has 2 heterocycles. The Hall–Kier alpha value is -3.56. The Morgan fingerprint density at radius 3 is 2.05 bits per heavy atom. The Morgan fingerprint density at radius 2 is 1.53 bits per heavy atom. The molecule has 9 heteroatoms. The van der Waals surface area contributed by atoms with Gasteiger partial charge in [0.05, 0.1) is 30.9 Å². The van der Waals surface area contributed by atoms with Crippen LogP contribution in [0.4, 0.5) is 0 Å². The van der Waals surface area contributed by atoms with Crippen molar-refractivity contribution in [1.29, 1.82) is 0 Å². The van der Waals surface area contributed by atoms with Crippen LogP contribution in [0.25, 0.3) is 6.08 Å². The van der Waals surface area contributed by atoms with Gasteiger partial charge in [0.1, 0.15) is 6.04 Å². The highest BCUT2D eigenvalue weighted by molar-refractivity contribution is 6.74. The number of imide groups is 1. The quantitative estimate of drug-likeness (QED) is 0.219. The van der Waals surface area contributed by atoms with Gasteiger partial charge in [-0.2, -0.15) is 0 Å². The zero-order valence-corrected chi connectivity index (χ0v) is 23.6. The minimum Gasteiger partial charge on any atom is -0.467 e. The smallest absolute Gasteiger partial charge is 0.330 e. The second kappa shape index (κ2) is 10.3. The van der Waals surface area contributed by atoms with E-state index in [1.807, 2.05) is 36.4 Å². The highest BCUT2D eigenvalue weighted by atomic mass is 28.4. The van der Waals surface area contributed by atoms with Crippen molar-refractivity contribution in [3.05, 3.63) is 77.4 Å². The second-order valence-corrected chi connectivity index (χ2v) is 15.9. The van der Waals surface area contributed by atoms with Gasteiger partial charge in [0.2, 0.25) is 5.91 Å². The summed E-state index contributed by atoms with van der Waals surface area (Å²) in [6, 6.07) is 13.1. The average Bonchev–Trinajstić information content (AvgIpc) is 3.13. The van der Waals surface area contributed by atoms with Crippen molar-refractivity contribution in [1.82, 2.24) is 9.80 Å². The number of fused-ring (bicyclic) bond motifs is 1. The number of ether oxygens (including phenoxy) is 1. The summed E-state index contributed by atoms with van der Waals surface area (Å²) < 4.78 is 11.4. The van der Waals surface area contributed by atoms with E-state index in [1.165, 1.54) is 12.0 Å². The van der Waals surface area contributed by atoms with E-state index < -0.39 is 50.1 Å². The molecular weight excluding hydrogens is 500 g/mol. The molecule has 0 aromatic heterocycles. The summed E-state index contributed by atoms with van der Waals surface area (Å²) in [4.78, 5) is 55.5. The van der Waals surface area contributed by atoms with Gasteiger partial charge in [0.25, 0.3) is 11.8 Å². The number of methoxy groups -OCH3 is 1. The maximum Gasteiger partial charge on any atom is 0.330 e. The number of likely N-dealkylation sites (tertiary alicyclic amines) is 1. The molecule has 0 N–H and O–H groups in total. The Kier molecular flexibility index (Phi) is 7.45. The monoisotopic (exact) mass is 534 g/mol. The number of esters is 1. The summed E-state index contributed by atoms with van der Waals surface area (Å²) in [7, 11) is -1.000. The second-order valence-electron chi connectivity index (χ2n) is 11.1. The number of carbonyl (C=O) groups is 4. The molecule has 2 aromatic rings. The molecular formula is C29H34N2O6Si. The van der Waals surface area contributed by atoms with Crippen molar-refractivity contribution in [3.63, 3.8) is 0 Å². The van der Waals surface area contributed by atoms with Gasteiger partial charge in [0, 0.05) is 0 Å². The molecule has 3 amide bonds. The molecule has 0 radical (unpaired) electrons. The molecule has 1 fully saturated rings. The molecule has 200 valence electrons. The molecule has 0 bridgehead atoms. The first-order valence-electron chi connectivity index (χ1n) is 12.6. The summed E-state index contributed by atoms with van der Waals surface area (Å²) in [6.45, 7) is 10.3. The zero-order valence-electron chi connectivity index (χ0n) is 22.6. The van der Waals surface area contributed by atoms with Crippen LogP contribution >= 0.6 is 0 Å². The molecule has 4 rings (SSSR count). The lowest BCUT2D eigenvalue weighted by Crippen LogP contribution is -2.74. The summed E-state index contributed by atoms with van der Waals surface area (Å²) in [5, 5.41) is -0.109. The SMILES string of the molecule is COC(=O)[C@@H](CO[Si](C)(C)C(C)(C)C)N1C(=O)[C@@H](N2C(=O)c3ccccc3C2=O)[C@H]1C=Cc1ccccc1. The number of rotatable bonds is 8. The molecule has 2 aromatic carbocycles. The summed E-state index contributed by atoms with van der Waals surface area (Å²) in [5.41, 5.74) is 1.40. The van der Waals surface area contributed by atoms with Crippen molar-refractivity contribution < 1.29 is 28.3 Å². The molecule has 2 aliphatic heterocycles. The van der Waals surface area contributed by atoms with Gasteiger partial charge in [-0.3, -0.25) is 19.3 Å². The fourth-order valence-corrected chi connectivity index (χ4v) is 5.48. The molecule has 1 saturated heterocycles. The van der Waals surface area contributed by atoms with Crippen LogP contribution < -0.4 is 0 Å². The fourth-order valence-electron chi connectivity index (χ4n) is 4.47. The third-order valence-electron chi connectivity index (χ3n) is 7.76. The highest BCUT2D eigenvalue weighted by Gasteiger charge is 2.58. The lowest BCUT2D eigenvalue weighted by Gasteiger charge is -2.51. The third kappa shape index (κ3) is 4.83. The van der Waals surface area contributed by atoms with Gasteiger partial charge in [-0.05, 0) is 35.8 Å². The van der Waals surface area contributed by atoms with Gasteiger partial charge >= 0.3 is 5.97 Å². The van der Waals surface area contributed by atoms with E-state index in [0.717, 1.165) is 10.5 Å². The molecule has 3 atom stereocenters. The zero-order chi connectivity index (χ0) is 27.8. The van der Waals surface area contributed by atoms with E-state index >= 15 is 0 Å². The van der Waals surface area contributed by atoms with E-state index in [-0.39, 0.29) is 22.8 Å². The molecule has 0 spiro atoms. The van der Waals surface area contributed by atoms with Crippen LogP contribution in [0, 0.1) is 0 Å². The average molecular weight is 535 g/mol. The van der Waals surface area contributed by atoms with Gasteiger partial charge in [-0.25, -0.2) is 4.79 Å². The lowest BCUT2D eigenvalue weighted by molar-refractivity contribution is -0.169. The maximum absolute atomic E-state index is 13.7. The molecule has 0 unspecified atom stereocenters.